The minimum absolute atomic E-state index is 0.137. The standard InChI is InChI=1S/C20H25NO5S/c1-21(20(22)16-8-10-17(11-9-16)27(4,23)24)13-5-6-15-7-12-18(25-2)19(14-15)26-3/h7-12,14H,5-6,13H2,1-4H3. The average molecular weight is 391 g/mol. The molecule has 0 fully saturated rings. The van der Waals surface area contributed by atoms with Crippen molar-refractivity contribution < 1.29 is 22.7 Å². The molecule has 146 valence electrons. The lowest BCUT2D eigenvalue weighted by atomic mass is 10.1. The van der Waals surface area contributed by atoms with Crippen molar-refractivity contribution in [2.75, 3.05) is 34.1 Å². The molecule has 0 saturated carbocycles. The predicted octanol–water partition coefficient (Wildman–Crippen LogP) is 2.81. The number of carbonyl (C=O) groups excluding carboxylic acids is 1. The molecule has 0 unspecified atom stereocenters. The number of carbonyl (C=O) groups is 1. The summed E-state index contributed by atoms with van der Waals surface area (Å²) in [4.78, 5) is 14.3. The summed E-state index contributed by atoms with van der Waals surface area (Å²) in [6.45, 7) is 0.584. The monoisotopic (exact) mass is 391 g/mol. The van der Waals surface area contributed by atoms with Crippen LogP contribution in [-0.4, -0.2) is 53.3 Å². The molecule has 0 spiro atoms. The number of rotatable bonds is 8. The van der Waals surface area contributed by atoms with Gasteiger partial charge in [-0.1, -0.05) is 6.07 Å². The van der Waals surface area contributed by atoms with Crippen LogP contribution in [0, 0.1) is 0 Å². The van der Waals surface area contributed by atoms with Gasteiger partial charge in [0.1, 0.15) is 0 Å². The van der Waals surface area contributed by atoms with Crippen molar-refractivity contribution in [3.05, 3.63) is 53.6 Å². The van der Waals surface area contributed by atoms with E-state index in [-0.39, 0.29) is 10.8 Å². The first-order valence-corrected chi connectivity index (χ1v) is 10.4. The molecule has 0 radical (unpaired) electrons. The van der Waals surface area contributed by atoms with E-state index in [0.29, 0.717) is 23.6 Å². The van der Waals surface area contributed by atoms with E-state index in [1.54, 1.807) is 38.3 Å². The Morgan fingerprint density at radius 2 is 1.63 bits per heavy atom. The number of benzene rings is 2. The van der Waals surface area contributed by atoms with Gasteiger partial charge >= 0.3 is 0 Å². The number of hydrogen-bond acceptors (Lipinski definition) is 5. The summed E-state index contributed by atoms with van der Waals surface area (Å²) >= 11 is 0. The average Bonchev–Trinajstić information content (AvgIpc) is 2.66. The van der Waals surface area contributed by atoms with Gasteiger partial charge in [0.15, 0.2) is 21.3 Å². The van der Waals surface area contributed by atoms with Gasteiger partial charge in [-0.05, 0) is 54.8 Å². The zero-order chi connectivity index (χ0) is 20.0. The first-order chi connectivity index (χ1) is 12.8. The van der Waals surface area contributed by atoms with Crippen LogP contribution < -0.4 is 9.47 Å². The molecule has 0 aromatic heterocycles. The van der Waals surface area contributed by atoms with Gasteiger partial charge in [0.25, 0.3) is 5.91 Å². The second-order valence-corrected chi connectivity index (χ2v) is 8.33. The molecule has 0 aliphatic heterocycles. The van der Waals surface area contributed by atoms with E-state index in [4.69, 9.17) is 9.47 Å². The first kappa shape index (κ1) is 20.8. The highest BCUT2D eigenvalue weighted by Gasteiger charge is 2.13. The van der Waals surface area contributed by atoms with Crippen LogP contribution in [0.1, 0.15) is 22.3 Å². The van der Waals surface area contributed by atoms with Gasteiger partial charge in [-0.15, -0.1) is 0 Å². The smallest absolute Gasteiger partial charge is 0.253 e. The maximum Gasteiger partial charge on any atom is 0.253 e. The minimum Gasteiger partial charge on any atom is -0.493 e. The molecule has 0 atom stereocenters. The van der Waals surface area contributed by atoms with Crippen molar-refractivity contribution in [3.63, 3.8) is 0 Å². The number of methoxy groups -OCH3 is 2. The van der Waals surface area contributed by atoms with Crippen molar-refractivity contribution in [3.8, 4) is 11.5 Å². The van der Waals surface area contributed by atoms with Crippen molar-refractivity contribution in [2.24, 2.45) is 0 Å². The molecule has 2 aromatic rings. The lowest BCUT2D eigenvalue weighted by Gasteiger charge is -2.17. The molecular formula is C20H25NO5S. The summed E-state index contributed by atoms with van der Waals surface area (Å²) in [5.74, 6) is 1.24. The third-order valence-electron chi connectivity index (χ3n) is 4.28. The maximum absolute atomic E-state index is 12.5. The minimum atomic E-state index is -3.27. The quantitative estimate of drug-likeness (QED) is 0.692. The fourth-order valence-corrected chi connectivity index (χ4v) is 3.35. The van der Waals surface area contributed by atoms with E-state index in [1.165, 1.54) is 12.1 Å². The topological polar surface area (TPSA) is 72.9 Å². The summed E-state index contributed by atoms with van der Waals surface area (Å²) in [7, 11) is 1.67. The Labute approximate surface area is 160 Å². The second-order valence-electron chi connectivity index (χ2n) is 6.32. The van der Waals surface area contributed by atoms with Gasteiger partial charge in [-0.25, -0.2) is 8.42 Å². The van der Waals surface area contributed by atoms with Gasteiger partial charge in [0.2, 0.25) is 0 Å². The molecule has 0 saturated heterocycles. The molecule has 0 aliphatic carbocycles. The van der Waals surface area contributed by atoms with Crippen molar-refractivity contribution in [1.29, 1.82) is 0 Å². The lowest BCUT2D eigenvalue weighted by Crippen LogP contribution is -2.28. The van der Waals surface area contributed by atoms with Gasteiger partial charge < -0.3 is 14.4 Å². The van der Waals surface area contributed by atoms with Crippen LogP contribution in [0.5, 0.6) is 11.5 Å². The molecule has 2 rings (SSSR count). The number of sulfone groups is 1. The molecule has 0 heterocycles. The number of ether oxygens (including phenoxy) is 2. The molecule has 0 aliphatic rings. The third kappa shape index (κ3) is 5.47. The molecule has 6 nitrogen and oxygen atoms in total. The van der Waals surface area contributed by atoms with Crippen LogP contribution in [0.4, 0.5) is 0 Å². The number of amides is 1. The van der Waals surface area contributed by atoms with E-state index in [2.05, 4.69) is 0 Å². The summed E-state index contributed by atoms with van der Waals surface area (Å²) in [5.41, 5.74) is 1.57. The number of hydrogen-bond donors (Lipinski definition) is 0. The summed E-state index contributed by atoms with van der Waals surface area (Å²) in [5, 5.41) is 0. The van der Waals surface area contributed by atoms with E-state index < -0.39 is 9.84 Å². The molecule has 0 bridgehead atoms. The maximum atomic E-state index is 12.5. The highest BCUT2D eigenvalue weighted by Crippen LogP contribution is 2.28. The van der Waals surface area contributed by atoms with Gasteiger partial charge in [-0.3, -0.25) is 4.79 Å². The molecule has 0 N–H and O–H groups in total. The largest absolute Gasteiger partial charge is 0.493 e. The van der Waals surface area contributed by atoms with Gasteiger partial charge in [0.05, 0.1) is 19.1 Å². The van der Waals surface area contributed by atoms with Crippen molar-refractivity contribution >= 4 is 15.7 Å². The Morgan fingerprint density at radius 3 is 2.19 bits per heavy atom. The number of aryl methyl sites for hydroxylation is 1. The summed E-state index contributed by atoms with van der Waals surface area (Å²) < 4.78 is 33.5. The summed E-state index contributed by atoms with van der Waals surface area (Å²) in [6.07, 6.45) is 2.73. The van der Waals surface area contributed by atoms with Crippen molar-refractivity contribution in [1.82, 2.24) is 4.90 Å². The molecule has 2 aromatic carbocycles. The Morgan fingerprint density at radius 1 is 1.00 bits per heavy atom. The van der Waals surface area contributed by atoms with E-state index >= 15 is 0 Å². The molecule has 1 amide bonds. The number of nitrogens with zero attached hydrogens (tertiary/aromatic N) is 1. The molecule has 7 heteroatoms. The van der Waals surface area contributed by atoms with Crippen LogP contribution in [0.25, 0.3) is 0 Å². The Kier molecular flexibility index (Phi) is 6.85. The highest BCUT2D eigenvalue weighted by molar-refractivity contribution is 7.90. The second kappa shape index (κ2) is 8.90. The van der Waals surface area contributed by atoms with E-state index in [9.17, 15) is 13.2 Å². The normalized spacial score (nSPS) is 11.1. The fraction of sp³-hybridized carbons (Fsp3) is 0.350. The first-order valence-electron chi connectivity index (χ1n) is 8.52. The fourth-order valence-electron chi connectivity index (χ4n) is 2.72. The van der Waals surface area contributed by atoms with Crippen LogP contribution in [0.2, 0.25) is 0 Å². The van der Waals surface area contributed by atoms with E-state index in [1.807, 2.05) is 18.2 Å². The highest BCUT2D eigenvalue weighted by atomic mass is 32.2. The third-order valence-corrected chi connectivity index (χ3v) is 5.41. The summed E-state index contributed by atoms with van der Waals surface area (Å²) in [6, 6.07) is 11.8. The van der Waals surface area contributed by atoms with Crippen LogP contribution >= 0.6 is 0 Å². The Balaban J connectivity index is 1.93. The van der Waals surface area contributed by atoms with Crippen LogP contribution in [0.3, 0.4) is 0 Å². The van der Waals surface area contributed by atoms with E-state index in [0.717, 1.165) is 24.7 Å². The van der Waals surface area contributed by atoms with Crippen LogP contribution in [0.15, 0.2) is 47.4 Å². The predicted molar refractivity (Wildman–Crippen MR) is 104 cm³/mol. The van der Waals surface area contributed by atoms with Gasteiger partial charge in [-0.2, -0.15) is 0 Å². The zero-order valence-electron chi connectivity index (χ0n) is 16.1. The zero-order valence-corrected chi connectivity index (χ0v) is 16.9. The Bertz CT molecular complexity index is 891. The van der Waals surface area contributed by atoms with Crippen LogP contribution in [-0.2, 0) is 16.3 Å². The Hall–Kier alpha value is -2.54. The lowest BCUT2D eigenvalue weighted by molar-refractivity contribution is 0.0793. The molecule has 27 heavy (non-hydrogen) atoms. The van der Waals surface area contributed by atoms with Gasteiger partial charge in [0, 0.05) is 25.4 Å². The van der Waals surface area contributed by atoms with Crippen molar-refractivity contribution in [2.45, 2.75) is 17.7 Å². The molecular weight excluding hydrogens is 366 g/mol. The SMILES string of the molecule is COc1ccc(CCCN(C)C(=O)c2ccc(S(C)(=O)=O)cc2)cc1OC.